The van der Waals surface area contributed by atoms with E-state index in [0.717, 1.165) is 0 Å². The van der Waals surface area contributed by atoms with Crippen LogP contribution in [0.4, 0.5) is 0 Å². The van der Waals surface area contributed by atoms with Crippen LogP contribution in [0.25, 0.3) is 6.08 Å². The molecule has 1 saturated heterocycles. The smallest absolute Gasteiger partial charge is 0.492 e. The molecule has 0 spiro atoms. The van der Waals surface area contributed by atoms with Crippen LogP contribution < -0.4 is 9.47 Å². The zero-order chi connectivity index (χ0) is 19.7. The Hall–Kier alpha value is -2.03. The maximum absolute atomic E-state index is 11.6. The van der Waals surface area contributed by atoms with Crippen LogP contribution in [0.5, 0.6) is 11.5 Å². The Kier molecular flexibility index (Phi) is 5.70. The van der Waals surface area contributed by atoms with Crippen molar-refractivity contribution in [3.05, 3.63) is 28.7 Å². The zero-order valence-electron chi connectivity index (χ0n) is 16.0. The first kappa shape index (κ1) is 20.3. The number of aliphatic hydroxyl groups is 1. The molecule has 142 valence electrons. The minimum absolute atomic E-state index is 0.0186. The Morgan fingerprint density at radius 2 is 1.62 bits per heavy atom. The van der Waals surface area contributed by atoms with E-state index in [1.165, 1.54) is 20.3 Å². The van der Waals surface area contributed by atoms with Gasteiger partial charge in [-0.25, -0.2) is 4.79 Å². The molecule has 0 aromatic heterocycles. The van der Waals surface area contributed by atoms with Gasteiger partial charge in [0.2, 0.25) is 0 Å². The minimum atomic E-state index is -1.12. The van der Waals surface area contributed by atoms with Crippen LogP contribution in [0.15, 0.2) is 17.6 Å². The molecule has 1 aliphatic rings. The van der Waals surface area contributed by atoms with Crippen molar-refractivity contribution in [1.82, 2.24) is 0 Å². The standard InChI is InChI=1S/C18H25BO7/c1-17(2)18(3,4)26-19(25-17)12(10-20)7-11-8-14(23-5)15(24-6)9-13(11)16(21)22/h7-9,20H,10H2,1-6H3,(H,21,22). The number of carbonyl (C=O) groups is 1. The average Bonchev–Trinajstić information content (AvgIpc) is 2.79. The third kappa shape index (κ3) is 3.72. The molecule has 1 fully saturated rings. The normalized spacial score (nSPS) is 18.7. The molecule has 7 nitrogen and oxygen atoms in total. The number of benzene rings is 1. The molecular weight excluding hydrogens is 339 g/mol. The maximum atomic E-state index is 11.6. The molecule has 26 heavy (non-hydrogen) atoms. The lowest BCUT2D eigenvalue weighted by atomic mass is 9.77. The van der Waals surface area contributed by atoms with Crippen molar-refractivity contribution in [1.29, 1.82) is 0 Å². The fourth-order valence-corrected chi connectivity index (χ4v) is 2.58. The number of rotatable bonds is 6. The van der Waals surface area contributed by atoms with Crippen LogP contribution >= 0.6 is 0 Å². The zero-order valence-corrected chi connectivity index (χ0v) is 16.0. The van der Waals surface area contributed by atoms with E-state index < -0.39 is 24.3 Å². The Bertz CT molecular complexity index is 708. The van der Waals surface area contributed by atoms with E-state index in [1.54, 1.807) is 12.1 Å². The molecule has 0 saturated carbocycles. The van der Waals surface area contributed by atoms with Crippen LogP contribution in [-0.2, 0) is 9.31 Å². The summed E-state index contributed by atoms with van der Waals surface area (Å²) >= 11 is 0. The number of ether oxygens (including phenoxy) is 2. The van der Waals surface area contributed by atoms with Gasteiger partial charge in [-0.15, -0.1) is 0 Å². The summed E-state index contributed by atoms with van der Waals surface area (Å²) in [5.74, 6) is -0.429. The van der Waals surface area contributed by atoms with Crippen molar-refractivity contribution in [2.45, 2.75) is 38.9 Å². The quantitative estimate of drug-likeness (QED) is 0.749. The first-order valence-corrected chi connectivity index (χ1v) is 8.22. The highest BCUT2D eigenvalue weighted by molar-refractivity contribution is 6.55. The first-order valence-electron chi connectivity index (χ1n) is 8.22. The molecule has 1 aromatic carbocycles. The highest BCUT2D eigenvalue weighted by atomic mass is 16.7. The molecular formula is C18H25BO7. The number of hydrogen-bond acceptors (Lipinski definition) is 6. The van der Waals surface area contributed by atoms with Gasteiger partial charge in [-0.05, 0) is 50.9 Å². The summed E-state index contributed by atoms with van der Waals surface area (Å²) in [5.41, 5.74) is -0.351. The second kappa shape index (κ2) is 7.30. The van der Waals surface area contributed by atoms with Crippen molar-refractivity contribution >= 4 is 19.2 Å². The Morgan fingerprint density at radius 1 is 1.12 bits per heavy atom. The monoisotopic (exact) mass is 364 g/mol. The maximum Gasteiger partial charge on any atom is 0.492 e. The number of methoxy groups -OCH3 is 2. The predicted molar refractivity (Wildman–Crippen MR) is 97.7 cm³/mol. The number of carboxylic acid groups (broad SMARTS) is 1. The molecule has 8 heteroatoms. The van der Waals surface area contributed by atoms with Crippen molar-refractivity contribution < 1.29 is 33.8 Å². The molecule has 1 aromatic rings. The van der Waals surface area contributed by atoms with Gasteiger partial charge in [-0.2, -0.15) is 0 Å². The topological polar surface area (TPSA) is 94.5 Å². The average molecular weight is 364 g/mol. The fraction of sp³-hybridized carbons (Fsp3) is 0.500. The van der Waals surface area contributed by atoms with Crippen molar-refractivity contribution in [2.24, 2.45) is 0 Å². The SMILES string of the molecule is COc1cc(C=C(CO)B2OC(C)(C)C(C)(C)O2)c(C(=O)O)cc1OC. The van der Waals surface area contributed by atoms with Gasteiger partial charge in [0.25, 0.3) is 0 Å². The summed E-state index contributed by atoms with van der Waals surface area (Å²) in [6, 6.07) is 2.93. The summed E-state index contributed by atoms with van der Waals surface area (Å²) < 4.78 is 22.3. The summed E-state index contributed by atoms with van der Waals surface area (Å²) in [6.07, 6.45) is 1.55. The highest BCUT2D eigenvalue weighted by Crippen LogP contribution is 2.39. The van der Waals surface area contributed by atoms with E-state index in [4.69, 9.17) is 18.8 Å². The van der Waals surface area contributed by atoms with E-state index in [1.807, 2.05) is 27.7 Å². The number of hydrogen-bond donors (Lipinski definition) is 2. The van der Waals surface area contributed by atoms with E-state index >= 15 is 0 Å². The highest BCUT2D eigenvalue weighted by Gasteiger charge is 2.52. The molecule has 2 N–H and O–H groups in total. The third-order valence-electron chi connectivity index (χ3n) is 4.87. The second-order valence-electron chi connectivity index (χ2n) is 7.07. The van der Waals surface area contributed by atoms with Crippen molar-refractivity contribution in [2.75, 3.05) is 20.8 Å². The number of aromatic carboxylic acids is 1. The molecule has 1 aliphatic heterocycles. The lowest BCUT2D eigenvalue weighted by molar-refractivity contribution is 0.00578. The molecule has 1 heterocycles. The van der Waals surface area contributed by atoms with E-state index in [9.17, 15) is 15.0 Å². The van der Waals surface area contributed by atoms with Crippen LogP contribution in [0.1, 0.15) is 43.6 Å². The molecule has 0 atom stereocenters. The van der Waals surface area contributed by atoms with Gasteiger partial charge in [0, 0.05) is 0 Å². The summed E-state index contributed by atoms with van der Waals surface area (Å²) in [5, 5.41) is 19.3. The Balaban J connectivity index is 2.51. The lowest BCUT2D eigenvalue weighted by Crippen LogP contribution is -2.41. The van der Waals surface area contributed by atoms with Crippen molar-refractivity contribution in [3.63, 3.8) is 0 Å². The second-order valence-corrected chi connectivity index (χ2v) is 7.07. The predicted octanol–water partition coefficient (Wildman–Crippen LogP) is 2.41. The first-order chi connectivity index (χ1) is 12.1. The molecule has 0 amide bonds. The van der Waals surface area contributed by atoms with Gasteiger partial charge in [-0.3, -0.25) is 0 Å². The largest absolute Gasteiger partial charge is 0.493 e. The molecule has 2 rings (SSSR count). The van der Waals surface area contributed by atoms with Gasteiger partial charge in [0.1, 0.15) is 0 Å². The van der Waals surface area contributed by atoms with Gasteiger partial charge in [-0.1, -0.05) is 6.08 Å². The Morgan fingerprint density at radius 3 is 2.04 bits per heavy atom. The number of carboxylic acids is 1. The molecule has 0 radical (unpaired) electrons. The van der Waals surface area contributed by atoms with E-state index in [0.29, 0.717) is 22.5 Å². The van der Waals surface area contributed by atoms with Crippen LogP contribution in [0.3, 0.4) is 0 Å². The number of aliphatic hydroxyl groups excluding tert-OH is 1. The van der Waals surface area contributed by atoms with Crippen molar-refractivity contribution in [3.8, 4) is 11.5 Å². The summed E-state index contributed by atoms with van der Waals surface area (Å²) in [6.45, 7) is 7.27. The molecule has 0 bridgehead atoms. The summed E-state index contributed by atoms with van der Waals surface area (Å²) in [4.78, 5) is 11.6. The molecule has 0 aliphatic carbocycles. The Labute approximate surface area is 153 Å². The van der Waals surface area contributed by atoms with Crippen LogP contribution in [0.2, 0.25) is 0 Å². The molecule has 0 unspecified atom stereocenters. The van der Waals surface area contributed by atoms with E-state index in [-0.39, 0.29) is 12.2 Å². The summed E-state index contributed by atoms with van der Waals surface area (Å²) in [7, 11) is 2.12. The fourth-order valence-electron chi connectivity index (χ4n) is 2.58. The van der Waals surface area contributed by atoms with Crippen LogP contribution in [-0.4, -0.2) is 55.3 Å². The third-order valence-corrected chi connectivity index (χ3v) is 4.87. The lowest BCUT2D eigenvalue weighted by Gasteiger charge is -2.32. The van der Waals surface area contributed by atoms with Gasteiger partial charge in [0.05, 0.1) is 37.6 Å². The van der Waals surface area contributed by atoms with Gasteiger partial charge >= 0.3 is 13.1 Å². The van der Waals surface area contributed by atoms with Gasteiger partial charge in [0.15, 0.2) is 11.5 Å². The van der Waals surface area contributed by atoms with Gasteiger partial charge < -0.3 is 29.0 Å². The van der Waals surface area contributed by atoms with Crippen LogP contribution in [0, 0.1) is 0 Å². The minimum Gasteiger partial charge on any atom is -0.493 e. The van der Waals surface area contributed by atoms with E-state index in [2.05, 4.69) is 0 Å².